The summed E-state index contributed by atoms with van der Waals surface area (Å²) in [5.74, 6) is -0.936. The Morgan fingerprint density at radius 3 is 1.41 bits per heavy atom. The van der Waals surface area contributed by atoms with Crippen LogP contribution in [-0.4, -0.2) is 0 Å². The minimum atomic E-state index is -0.887. The lowest BCUT2D eigenvalue weighted by Crippen LogP contribution is -2.29. The fourth-order valence-corrected chi connectivity index (χ4v) is 3.50. The zero-order valence-electron chi connectivity index (χ0n) is 12.1. The van der Waals surface area contributed by atoms with Crippen LogP contribution >= 0.6 is 31.9 Å². The predicted octanol–water partition coefficient (Wildman–Crippen LogP) is 4.81. The molecule has 4 N–H and O–H groups in total. The number of benzene rings is 2. The van der Waals surface area contributed by atoms with Crippen molar-refractivity contribution in [3.8, 4) is 0 Å². The van der Waals surface area contributed by atoms with E-state index in [1.165, 1.54) is 12.1 Å². The Labute approximate surface area is 145 Å². The molecule has 0 spiro atoms. The normalized spacial score (nSPS) is 14.0. The fraction of sp³-hybridized carbons (Fsp3) is 0.250. The molecule has 22 heavy (non-hydrogen) atoms. The van der Waals surface area contributed by atoms with Crippen molar-refractivity contribution >= 4 is 31.9 Å². The molecule has 0 bridgehead atoms. The van der Waals surface area contributed by atoms with Crippen LogP contribution in [0.4, 0.5) is 8.78 Å². The molecule has 2 nitrogen and oxygen atoms in total. The zero-order valence-corrected chi connectivity index (χ0v) is 15.3. The molecule has 6 heteroatoms. The van der Waals surface area contributed by atoms with Crippen molar-refractivity contribution in [2.24, 2.45) is 11.5 Å². The lowest BCUT2D eigenvalue weighted by molar-refractivity contribution is 0.498. The lowest BCUT2D eigenvalue weighted by atomic mass is 9.92. The van der Waals surface area contributed by atoms with Crippen molar-refractivity contribution in [1.82, 2.24) is 0 Å². The van der Waals surface area contributed by atoms with E-state index in [1.807, 2.05) is 13.8 Å². The average molecular weight is 434 g/mol. The molecule has 118 valence electrons. The molecule has 2 aromatic rings. The third-order valence-corrected chi connectivity index (χ3v) is 5.80. The molecule has 0 saturated heterocycles. The zero-order chi connectivity index (χ0) is 16.6. The molecule has 2 atom stereocenters. The summed E-state index contributed by atoms with van der Waals surface area (Å²) < 4.78 is 29.4. The molecule has 0 aliphatic rings. The summed E-state index contributed by atoms with van der Waals surface area (Å²) in [6.45, 7) is 3.66. The van der Waals surface area contributed by atoms with Gasteiger partial charge in [-0.2, -0.15) is 0 Å². The summed E-state index contributed by atoms with van der Waals surface area (Å²) in [5, 5.41) is 0. The summed E-state index contributed by atoms with van der Waals surface area (Å²) in [4.78, 5) is 0. The highest BCUT2D eigenvalue weighted by Gasteiger charge is 2.27. The van der Waals surface area contributed by atoms with Gasteiger partial charge in [-0.15, -0.1) is 0 Å². The fourth-order valence-electron chi connectivity index (χ4n) is 2.33. The van der Waals surface area contributed by atoms with Crippen LogP contribution in [0.1, 0.15) is 34.3 Å². The van der Waals surface area contributed by atoms with E-state index in [0.29, 0.717) is 8.95 Å². The van der Waals surface area contributed by atoms with Crippen LogP contribution in [-0.2, 0) is 0 Å². The summed E-state index contributed by atoms with van der Waals surface area (Å²) in [5.41, 5.74) is 14.5. The highest BCUT2D eigenvalue weighted by molar-refractivity contribution is 9.10. The molecular weight excluding hydrogens is 418 g/mol. The van der Waals surface area contributed by atoms with Crippen molar-refractivity contribution < 1.29 is 8.78 Å². The SMILES string of the molecule is Cc1ccc(F)c(C(N)C(N)c2c(F)ccc(C)c2Br)c1Br. The number of hydrogen-bond donors (Lipinski definition) is 2. The quantitative estimate of drug-likeness (QED) is 0.729. The lowest BCUT2D eigenvalue weighted by Gasteiger charge is -2.24. The Kier molecular flexibility index (Phi) is 5.37. The van der Waals surface area contributed by atoms with Gasteiger partial charge >= 0.3 is 0 Å². The molecule has 0 aromatic heterocycles. The molecule has 0 aliphatic carbocycles. The van der Waals surface area contributed by atoms with Gasteiger partial charge in [0.1, 0.15) is 11.6 Å². The topological polar surface area (TPSA) is 52.0 Å². The van der Waals surface area contributed by atoms with Gasteiger partial charge in [0.25, 0.3) is 0 Å². The second kappa shape index (κ2) is 6.74. The number of nitrogens with two attached hydrogens (primary N) is 2. The van der Waals surface area contributed by atoms with Crippen LogP contribution in [0.2, 0.25) is 0 Å². The molecule has 2 aromatic carbocycles. The molecule has 0 heterocycles. The minimum absolute atomic E-state index is 0.250. The van der Waals surface area contributed by atoms with Crippen molar-refractivity contribution in [2.75, 3.05) is 0 Å². The van der Waals surface area contributed by atoms with Gasteiger partial charge in [-0.05, 0) is 37.1 Å². The third-order valence-electron chi connectivity index (χ3n) is 3.69. The van der Waals surface area contributed by atoms with E-state index >= 15 is 0 Å². The number of aryl methyl sites for hydroxylation is 2. The first kappa shape index (κ1) is 17.5. The third kappa shape index (κ3) is 3.11. The summed E-state index contributed by atoms with van der Waals surface area (Å²) in [7, 11) is 0. The van der Waals surface area contributed by atoms with Gasteiger partial charge in [0.05, 0.1) is 12.1 Å². The Hall–Kier alpha value is -0.820. The maximum absolute atomic E-state index is 14.2. The Morgan fingerprint density at radius 2 is 1.09 bits per heavy atom. The molecule has 2 unspecified atom stereocenters. The molecular formula is C16H16Br2F2N2. The van der Waals surface area contributed by atoms with Gasteiger partial charge in [-0.25, -0.2) is 8.78 Å². The molecule has 0 aliphatic heterocycles. The van der Waals surface area contributed by atoms with E-state index < -0.39 is 23.7 Å². The summed E-state index contributed by atoms with van der Waals surface area (Å²) in [6, 6.07) is 4.19. The van der Waals surface area contributed by atoms with Gasteiger partial charge in [-0.3, -0.25) is 0 Å². The predicted molar refractivity (Wildman–Crippen MR) is 91.5 cm³/mol. The van der Waals surface area contributed by atoms with E-state index in [1.54, 1.807) is 12.1 Å². The van der Waals surface area contributed by atoms with E-state index in [4.69, 9.17) is 11.5 Å². The molecule has 0 fully saturated rings. The van der Waals surface area contributed by atoms with Crippen LogP contribution in [0.3, 0.4) is 0 Å². The van der Waals surface area contributed by atoms with Crippen LogP contribution in [0, 0.1) is 25.5 Å². The maximum atomic E-state index is 14.2. The van der Waals surface area contributed by atoms with Crippen LogP contribution < -0.4 is 11.5 Å². The van der Waals surface area contributed by atoms with Gasteiger partial charge in [0.2, 0.25) is 0 Å². The van der Waals surface area contributed by atoms with Gasteiger partial charge in [0.15, 0.2) is 0 Å². The first-order valence-corrected chi connectivity index (χ1v) is 8.24. The second-order valence-corrected chi connectivity index (χ2v) is 6.82. The number of hydrogen-bond acceptors (Lipinski definition) is 2. The molecule has 0 saturated carbocycles. The van der Waals surface area contributed by atoms with Gasteiger partial charge < -0.3 is 11.5 Å². The summed E-state index contributed by atoms with van der Waals surface area (Å²) >= 11 is 6.69. The van der Waals surface area contributed by atoms with E-state index in [-0.39, 0.29) is 11.1 Å². The summed E-state index contributed by atoms with van der Waals surface area (Å²) in [6.07, 6.45) is 0. The van der Waals surface area contributed by atoms with Crippen LogP contribution in [0.5, 0.6) is 0 Å². The smallest absolute Gasteiger partial charge is 0.129 e. The Balaban J connectivity index is 2.54. The van der Waals surface area contributed by atoms with E-state index in [0.717, 1.165) is 11.1 Å². The monoisotopic (exact) mass is 432 g/mol. The minimum Gasteiger partial charge on any atom is -0.322 e. The molecule has 0 amide bonds. The van der Waals surface area contributed by atoms with Gasteiger partial charge in [-0.1, -0.05) is 44.0 Å². The first-order valence-electron chi connectivity index (χ1n) is 6.65. The highest BCUT2D eigenvalue weighted by atomic mass is 79.9. The standard InChI is InChI=1S/C16H16Br2F2N2/c1-7-3-5-9(19)11(13(7)17)15(21)16(22)12-10(20)6-4-8(2)14(12)18/h3-6,15-16H,21-22H2,1-2H3. The van der Waals surface area contributed by atoms with Crippen LogP contribution in [0.15, 0.2) is 33.2 Å². The van der Waals surface area contributed by atoms with Crippen molar-refractivity contribution in [2.45, 2.75) is 25.9 Å². The Bertz CT molecular complexity index is 658. The van der Waals surface area contributed by atoms with E-state index in [2.05, 4.69) is 31.9 Å². The van der Waals surface area contributed by atoms with Crippen molar-refractivity contribution in [3.05, 3.63) is 67.1 Å². The maximum Gasteiger partial charge on any atom is 0.129 e. The van der Waals surface area contributed by atoms with Crippen molar-refractivity contribution in [3.63, 3.8) is 0 Å². The largest absolute Gasteiger partial charge is 0.322 e. The van der Waals surface area contributed by atoms with Crippen LogP contribution in [0.25, 0.3) is 0 Å². The molecule has 0 radical (unpaired) electrons. The number of halogens is 4. The Morgan fingerprint density at radius 1 is 0.773 bits per heavy atom. The first-order chi connectivity index (χ1) is 10.3. The molecule has 2 rings (SSSR count). The van der Waals surface area contributed by atoms with Crippen molar-refractivity contribution in [1.29, 1.82) is 0 Å². The highest BCUT2D eigenvalue weighted by Crippen LogP contribution is 2.37. The second-order valence-electron chi connectivity index (χ2n) is 5.24. The van der Waals surface area contributed by atoms with Gasteiger partial charge in [0, 0.05) is 20.1 Å². The van der Waals surface area contributed by atoms with E-state index in [9.17, 15) is 8.78 Å². The number of rotatable bonds is 3. The average Bonchev–Trinajstić information content (AvgIpc) is 2.47.